The second-order valence-corrected chi connectivity index (χ2v) is 6.94. The van der Waals surface area contributed by atoms with Crippen LogP contribution in [-0.4, -0.2) is 46.9 Å². The molecule has 2 aromatic rings. The van der Waals surface area contributed by atoms with Crippen LogP contribution in [0.1, 0.15) is 35.8 Å². The van der Waals surface area contributed by atoms with Crippen LogP contribution in [-0.2, 0) is 4.79 Å². The highest BCUT2D eigenvalue weighted by molar-refractivity contribution is 5.98. The Morgan fingerprint density at radius 1 is 1.38 bits per heavy atom. The molecule has 2 atom stereocenters. The van der Waals surface area contributed by atoms with Crippen LogP contribution in [0.15, 0.2) is 22.9 Å². The fourth-order valence-corrected chi connectivity index (χ4v) is 4.05. The SMILES string of the molecule is CC1C(NC(=O)c2cc3c(C#CC(N)=O)coc3cn2)C2CCN1CC2. The third kappa shape index (κ3) is 2.93. The lowest BCUT2D eigenvalue weighted by Crippen LogP contribution is -2.62. The van der Waals surface area contributed by atoms with Gasteiger partial charge in [0.1, 0.15) is 12.0 Å². The van der Waals surface area contributed by atoms with Gasteiger partial charge >= 0.3 is 0 Å². The van der Waals surface area contributed by atoms with Crippen LogP contribution in [0.3, 0.4) is 0 Å². The summed E-state index contributed by atoms with van der Waals surface area (Å²) in [4.78, 5) is 30.2. The molecular formula is C19H20N4O3. The second-order valence-electron chi connectivity index (χ2n) is 6.94. The van der Waals surface area contributed by atoms with Gasteiger partial charge in [0, 0.05) is 23.4 Å². The molecule has 2 bridgehead atoms. The van der Waals surface area contributed by atoms with Gasteiger partial charge in [0.15, 0.2) is 5.58 Å². The fourth-order valence-electron chi connectivity index (χ4n) is 4.05. The van der Waals surface area contributed by atoms with Gasteiger partial charge in [-0.25, -0.2) is 4.98 Å². The van der Waals surface area contributed by atoms with Crippen molar-refractivity contribution >= 4 is 22.8 Å². The Balaban J connectivity index is 1.58. The largest absolute Gasteiger partial charge is 0.461 e. The summed E-state index contributed by atoms with van der Waals surface area (Å²) in [5, 5.41) is 3.80. The van der Waals surface area contributed by atoms with Crippen LogP contribution in [0.5, 0.6) is 0 Å². The van der Waals surface area contributed by atoms with Crippen molar-refractivity contribution in [3.05, 3.63) is 29.8 Å². The van der Waals surface area contributed by atoms with Crippen LogP contribution >= 0.6 is 0 Å². The number of pyridine rings is 1. The number of amides is 2. The first-order chi connectivity index (χ1) is 12.5. The van der Waals surface area contributed by atoms with Crippen molar-refractivity contribution in [3.63, 3.8) is 0 Å². The maximum Gasteiger partial charge on any atom is 0.293 e. The summed E-state index contributed by atoms with van der Waals surface area (Å²) in [6, 6.07) is 2.12. The molecule has 0 aromatic carbocycles. The molecule has 0 spiro atoms. The lowest BCUT2D eigenvalue weighted by Gasteiger charge is -2.49. The van der Waals surface area contributed by atoms with Gasteiger partial charge in [-0.1, -0.05) is 5.92 Å². The van der Waals surface area contributed by atoms with E-state index in [1.807, 2.05) is 0 Å². The van der Waals surface area contributed by atoms with Crippen molar-refractivity contribution in [1.82, 2.24) is 15.2 Å². The topological polar surface area (TPSA) is 101 Å². The highest BCUT2D eigenvalue weighted by Gasteiger charge is 2.40. The second kappa shape index (κ2) is 6.46. The van der Waals surface area contributed by atoms with E-state index in [-0.39, 0.29) is 11.9 Å². The van der Waals surface area contributed by atoms with Gasteiger partial charge in [-0.3, -0.25) is 14.5 Å². The average Bonchev–Trinajstić information content (AvgIpc) is 3.05. The zero-order valence-electron chi connectivity index (χ0n) is 14.5. The van der Waals surface area contributed by atoms with Crippen molar-refractivity contribution in [2.45, 2.75) is 31.8 Å². The van der Waals surface area contributed by atoms with Gasteiger partial charge < -0.3 is 15.5 Å². The van der Waals surface area contributed by atoms with Crippen molar-refractivity contribution in [3.8, 4) is 11.8 Å². The third-order valence-corrected chi connectivity index (χ3v) is 5.49. The molecule has 2 unspecified atom stereocenters. The number of piperidine rings is 3. The van der Waals surface area contributed by atoms with Gasteiger partial charge in [0.2, 0.25) is 0 Å². The minimum atomic E-state index is -0.720. The number of nitrogens with two attached hydrogens (primary N) is 1. The smallest absolute Gasteiger partial charge is 0.293 e. The van der Waals surface area contributed by atoms with Crippen LogP contribution in [0.2, 0.25) is 0 Å². The number of nitrogens with one attached hydrogen (secondary N) is 1. The summed E-state index contributed by atoms with van der Waals surface area (Å²) in [7, 11) is 0. The summed E-state index contributed by atoms with van der Waals surface area (Å²) in [5.41, 5.74) is 6.38. The number of nitrogens with zero attached hydrogens (tertiary/aromatic N) is 2. The molecule has 26 heavy (non-hydrogen) atoms. The quantitative estimate of drug-likeness (QED) is 0.781. The Morgan fingerprint density at radius 2 is 2.15 bits per heavy atom. The predicted octanol–water partition coefficient (Wildman–Crippen LogP) is 0.877. The van der Waals surface area contributed by atoms with Gasteiger partial charge in [0.05, 0.1) is 11.8 Å². The van der Waals surface area contributed by atoms with E-state index in [1.165, 1.54) is 12.5 Å². The number of aromatic nitrogens is 1. The molecule has 2 aromatic heterocycles. The summed E-state index contributed by atoms with van der Waals surface area (Å²) >= 11 is 0. The minimum absolute atomic E-state index is 0.140. The van der Waals surface area contributed by atoms with Crippen molar-refractivity contribution in [1.29, 1.82) is 0 Å². The van der Waals surface area contributed by atoms with Crippen LogP contribution in [0.4, 0.5) is 0 Å². The number of primary amides is 1. The van der Waals surface area contributed by atoms with Crippen molar-refractivity contribution in [2.24, 2.45) is 11.7 Å². The van der Waals surface area contributed by atoms with E-state index in [1.54, 1.807) is 6.07 Å². The Bertz CT molecular complexity index is 929. The first-order valence-electron chi connectivity index (χ1n) is 8.76. The normalized spacial score (nSPS) is 27.0. The Hall–Kier alpha value is -2.85. The molecule has 2 amide bonds. The van der Waals surface area contributed by atoms with E-state index in [4.69, 9.17) is 10.2 Å². The standard InChI is InChI=1S/C19H20N4O3/c1-11-18(12-4-6-23(11)7-5-12)22-19(25)15-8-14-13(2-3-17(20)24)10-26-16(14)9-21-15/h8-12,18H,4-7H2,1H3,(H2,20,24)(H,22,25). The number of hydrogen-bond acceptors (Lipinski definition) is 5. The molecule has 0 radical (unpaired) electrons. The molecule has 7 heteroatoms. The maximum absolute atomic E-state index is 12.7. The molecular weight excluding hydrogens is 332 g/mol. The lowest BCUT2D eigenvalue weighted by molar-refractivity contribution is -0.112. The summed E-state index contributed by atoms with van der Waals surface area (Å²) in [6.45, 7) is 4.39. The summed E-state index contributed by atoms with van der Waals surface area (Å²) in [6.07, 6.45) is 5.17. The number of furan rings is 1. The first kappa shape index (κ1) is 16.6. The molecule has 3 aliphatic rings. The van der Waals surface area contributed by atoms with Crippen LogP contribution < -0.4 is 11.1 Å². The monoisotopic (exact) mass is 352 g/mol. The molecule has 0 saturated carbocycles. The average molecular weight is 352 g/mol. The highest BCUT2D eigenvalue weighted by Crippen LogP contribution is 2.32. The van der Waals surface area contributed by atoms with Gasteiger partial charge in [-0.2, -0.15) is 0 Å². The zero-order chi connectivity index (χ0) is 18.3. The molecule has 134 valence electrons. The number of carbonyl (C=O) groups is 2. The van der Waals surface area contributed by atoms with E-state index >= 15 is 0 Å². The van der Waals surface area contributed by atoms with Gasteiger partial charge in [-0.15, -0.1) is 0 Å². The Morgan fingerprint density at radius 3 is 2.85 bits per heavy atom. The molecule has 3 saturated heterocycles. The van der Waals surface area contributed by atoms with E-state index in [9.17, 15) is 9.59 Å². The van der Waals surface area contributed by atoms with E-state index in [2.05, 4.69) is 34.0 Å². The molecule has 3 N–H and O–H groups in total. The third-order valence-electron chi connectivity index (χ3n) is 5.49. The van der Waals surface area contributed by atoms with E-state index in [0.717, 1.165) is 25.9 Å². The predicted molar refractivity (Wildman–Crippen MR) is 95.1 cm³/mol. The molecule has 5 rings (SSSR count). The Labute approximate surface area is 150 Å². The van der Waals surface area contributed by atoms with Gasteiger partial charge in [0.25, 0.3) is 11.8 Å². The van der Waals surface area contributed by atoms with Crippen LogP contribution in [0, 0.1) is 17.8 Å². The number of rotatable bonds is 2. The fraction of sp³-hybridized carbons (Fsp3) is 0.421. The highest BCUT2D eigenvalue weighted by atomic mass is 16.3. The lowest BCUT2D eigenvalue weighted by atomic mass is 9.79. The zero-order valence-corrected chi connectivity index (χ0v) is 14.5. The van der Waals surface area contributed by atoms with E-state index in [0.29, 0.717) is 34.2 Å². The molecule has 5 heterocycles. The van der Waals surface area contributed by atoms with Crippen molar-refractivity contribution in [2.75, 3.05) is 13.1 Å². The minimum Gasteiger partial charge on any atom is -0.461 e. The molecule has 0 aliphatic carbocycles. The summed E-state index contributed by atoms with van der Waals surface area (Å²) in [5.74, 6) is 4.54. The molecule has 3 fully saturated rings. The number of hydrogen-bond donors (Lipinski definition) is 2. The van der Waals surface area contributed by atoms with Crippen molar-refractivity contribution < 1.29 is 14.0 Å². The van der Waals surface area contributed by atoms with Crippen LogP contribution in [0.25, 0.3) is 11.0 Å². The molecule has 3 aliphatic heterocycles. The van der Waals surface area contributed by atoms with Gasteiger partial charge in [-0.05, 0) is 44.8 Å². The number of fused-ring (bicyclic) bond motifs is 4. The number of carbonyl (C=O) groups excluding carboxylic acids is 2. The Kier molecular flexibility index (Phi) is 4.13. The molecule has 7 nitrogen and oxygen atoms in total. The van der Waals surface area contributed by atoms with E-state index < -0.39 is 5.91 Å². The first-order valence-corrected chi connectivity index (χ1v) is 8.76. The maximum atomic E-state index is 12.7. The summed E-state index contributed by atoms with van der Waals surface area (Å²) < 4.78 is 5.37.